The summed E-state index contributed by atoms with van der Waals surface area (Å²) >= 11 is 0. The number of rotatable bonds is 1. The summed E-state index contributed by atoms with van der Waals surface area (Å²) in [7, 11) is 1.91. The third-order valence-electron chi connectivity index (χ3n) is 1.41. The average molecular weight is 121 g/mol. The number of likely N-dealkylation sites (N-methyl/N-ethyl adjacent to an activating group) is 1. The van der Waals surface area contributed by atoms with Gasteiger partial charge in [-0.25, -0.2) is 0 Å². The zero-order chi connectivity index (χ0) is 6.69. The molecule has 1 aliphatic carbocycles. The van der Waals surface area contributed by atoms with Crippen LogP contribution in [0.2, 0.25) is 0 Å². The first-order valence-corrected chi connectivity index (χ1v) is 3.07. The smallest absolute Gasteiger partial charge is 0.0367 e. The average Bonchev–Trinajstić information content (AvgIpc) is 1.89. The van der Waals surface area contributed by atoms with Gasteiger partial charge in [0, 0.05) is 12.7 Å². The molecule has 0 heterocycles. The van der Waals surface area contributed by atoms with Crippen molar-refractivity contribution in [3.05, 3.63) is 36.1 Å². The van der Waals surface area contributed by atoms with Crippen molar-refractivity contribution in [1.29, 1.82) is 0 Å². The Morgan fingerprint density at radius 1 is 1.67 bits per heavy atom. The second-order valence-electron chi connectivity index (χ2n) is 2.07. The maximum absolute atomic E-state index is 3.88. The summed E-state index contributed by atoms with van der Waals surface area (Å²) < 4.78 is 0. The number of allylic oxidation sites excluding steroid dienone is 4. The molecule has 9 heavy (non-hydrogen) atoms. The van der Waals surface area contributed by atoms with E-state index in [1.165, 1.54) is 5.57 Å². The van der Waals surface area contributed by atoms with E-state index in [1.807, 2.05) is 19.2 Å². The van der Waals surface area contributed by atoms with Crippen LogP contribution in [0.4, 0.5) is 0 Å². The summed E-state index contributed by atoms with van der Waals surface area (Å²) in [5.74, 6) is 0. The summed E-state index contributed by atoms with van der Waals surface area (Å²) in [4.78, 5) is 0. The van der Waals surface area contributed by atoms with Gasteiger partial charge in [0.15, 0.2) is 0 Å². The topological polar surface area (TPSA) is 12.0 Å². The Balaban J connectivity index is 2.74. The summed E-state index contributed by atoms with van der Waals surface area (Å²) in [5, 5.41) is 3.06. The Morgan fingerprint density at radius 3 is 2.89 bits per heavy atom. The van der Waals surface area contributed by atoms with Gasteiger partial charge in [-0.2, -0.15) is 0 Å². The number of nitrogens with one attached hydrogen (secondary N) is 1. The van der Waals surface area contributed by atoms with Crippen LogP contribution in [0.15, 0.2) is 36.1 Å². The predicted octanol–water partition coefficient (Wildman–Crippen LogP) is 1.61. The molecule has 0 aliphatic heterocycles. The first-order valence-electron chi connectivity index (χ1n) is 3.07. The van der Waals surface area contributed by atoms with Crippen LogP contribution in [0, 0.1) is 0 Å². The van der Waals surface area contributed by atoms with Crippen LogP contribution < -0.4 is 5.32 Å². The molecule has 0 aromatic rings. The molecular weight excluding hydrogens is 110 g/mol. The van der Waals surface area contributed by atoms with E-state index in [-0.39, 0.29) is 0 Å². The third-order valence-corrected chi connectivity index (χ3v) is 1.41. The fourth-order valence-corrected chi connectivity index (χ4v) is 0.862. The van der Waals surface area contributed by atoms with Crippen molar-refractivity contribution in [3.8, 4) is 0 Å². The Morgan fingerprint density at radius 2 is 2.44 bits per heavy atom. The van der Waals surface area contributed by atoms with E-state index in [9.17, 15) is 0 Å². The molecule has 1 rings (SSSR count). The van der Waals surface area contributed by atoms with Gasteiger partial charge in [0.05, 0.1) is 0 Å². The molecule has 0 atom stereocenters. The highest BCUT2D eigenvalue weighted by atomic mass is 14.8. The first kappa shape index (κ1) is 6.14. The fraction of sp³-hybridized carbons (Fsp3) is 0.250. The van der Waals surface area contributed by atoms with Gasteiger partial charge in [0.25, 0.3) is 0 Å². The Kier molecular flexibility index (Phi) is 1.73. The van der Waals surface area contributed by atoms with Crippen LogP contribution >= 0.6 is 0 Å². The van der Waals surface area contributed by atoms with Gasteiger partial charge in [-0.05, 0) is 18.1 Å². The molecule has 0 bridgehead atoms. The minimum Gasteiger partial charge on any atom is -0.388 e. The van der Waals surface area contributed by atoms with E-state index in [1.54, 1.807) is 0 Å². The highest BCUT2D eigenvalue weighted by Gasteiger charge is 1.99. The van der Waals surface area contributed by atoms with Crippen molar-refractivity contribution in [2.45, 2.75) is 6.42 Å². The van der Waals surface area contributed by atoms with E-state index in [0.29, 0.717) is 0 Å². The van der Waals surface area contributed by atoms with Crippen molar-refractivity contribution < 1.29 is 0 Å². The van der Waals surface area contributed by atoms with Crippen molar-refractivity contribution >= 4 is 0 Å². The fourth-order valence-electron chi connectivity index (χ4n) is 0.862. The lowest BCUT2D eigenvalue weighted by atomic mass is 10.1. The van der Waals surface area contributed by atoms with Crippen LogP contribution in [0.1, 0.15) is 6.42 Å². The Hall–Kier alpha value is -0.980. The molecule has 1 N–H and O–H groups in total. The van der Waals surface area contributed by atoms with Crippen molar-refractivity contribution in [2.24, 2.45) is 0 Å². The van der Waals surface area contributed by atoms with E-state index in [2.05, 4.69) is 18.0 Å². The van der Waals surface area contributed by atoms with E-state index >= 15 is 0 Å². The molecule has 0 saturated heterocycles. The monoisotopic (exact) mass is 121 g/mol. The van der Waals surface area contributed by atoms with Gasteiger partial charge in [0.2, 0.25) is 0 Å². The highest BCUT2D eigenvalue weighted by molar-refractivity contribution is 5.35. The van der Waals surface area contributed by atoms with E-state index in [4.69, 9.17) is 0 Å². The van der Waals surface area contributed by atoms with Crippen molar-refractivity contribution in [2.75, 3.05) is 7.05 Å². The summed E-state index contributed by atoms with van der Waals surface area (Å²) in [6, 6.07) is 0. The molecule has 0 aromatic heterocycles. The van der Waals surface area contributed by atoms with Crippen LogP contribution in [0.3, 0.4) is 0 Å². The molecule has 0 fully saturated rings. The van der Waals surface area contributed by atoms with Gasteiger partial charge in [-0.1, -0.05) is 18.7 Å². The predicted molar refractivity (Wildman–Crippen MR) is 40.0 cm³/mol. The minimum atomic E-state index is 0.979. The van der Waals surface area contributed by atoms with Gasteiger partial charge in [0.1, 0.15) is 0 Å². The lowest BCUT2D eigenvalue weighted by molar-refractivity contribution is 0.971. The largest absolute Gasteiger partial charge is 0.388 e. The molecule has 0 spiro atoms. The summed E-state index contributed by atoms with van der Waals surface area (Å²) in [5.41, 5.74) is 2.32. The first-order chi connectivity index (χ1) is 4.34. The maximum atomic E-state index is 3.88. The van der Waals surface area contributed by atoms with Gasteiger partial charge >= 0.3 is 0 Å². The maximum Gasteiger partial charge on any atom is 0.0367 e. The SMILES string of the molecule is C=C1CC=CC=C1NC. The van der Waals surface area contributed by atoms with Gasteiger partial charge in [-0.15, -0.1) is 0 Å². The molecule has 0 unspecified atom stereocenters. The van der Waals surface area contributed by atoms with Crippen molar-refractivity contribution in [1.82, 2.24) is 5.32 Å². The number of hydrogen-bond acceptors (Lipinski definition) is 1. The second-order valence-corrected chi connectivity index (χ2v) is 2.07. The zero-order valence-electron chi connectivity index (χ0n) is 5.65. The van der Waals surface area contributed by atoms with Crippen LogP contribution in [0.5, 0.6) is 0 Å². The molecule has 1 aliphatic rings. The Labute approximate surface area is 55.8 Å². The summed E-state index contributed by atoms with van der Waals surface area (Å²) in [6.07, 6.45) is 7.15. The normalized spacial score (nSPS) is 17.4. The quantitative estimate of drug-likeness (QED) is 0.555. The zero-order valence-corrected chi connectivity index (χ0v) is 5.65. The minimum absolute atomic E-state index is 0.979. The van der Waals surface area contributed by atoms with Crippen LogP contribution in [0.25, 0.3) is 0 Å². The lowest BCUT2D eigenvalue weighted by Gasteiger charge is -2.09. The van der Waals surface area contributed by atoms with Crippen LogP contribution in [-0.4, -0.2) is 7.05 Å². The van der Waals surface area contributed by atoms with E-state index < -0.39 is 0 Å². The molecule has 0 aromatic carbocycles. The number of hydrogen-bond donors (Lipinski definition) is 1. The third kappa shape index (κ3) is 1.22. The van der Waals surface area contributed by atoms with Crippen LogP contribution in [-0.2, 0) is 0 Å². The standard InChI is InChI=1S/C8H11N/c1-7-5-3-4-6-8(7)9-2/h3-4,6,9H,1,5H2,2H3. The molecule has 0 saturated carbocycles. The molecular formula is C8H11N. The van der Waals surface area contributed by atoms with E-state index in [0.717, 1.165) is 12.1 Å². The molecule has 1 heteroatoms. The highest BCUT2D eigenvalue weighted by Crippen LogP contribution is 2.13. The molecule has 0 radical (unpaired) electrons. The molecule has 0 amide bonds. The Bertz CT molecular complexity index is 175. The van der Waals surface area contributed by atoms with Crippen molar-refractivity contribution in [3.63, 3.8) is 0 Å². The van der Waals surface area contributed by atoms with Gasteiger partial charge in [-0.3, -0.25) is 0 Å². The molecule has 1 nitrogen and oxygen atoms in total. The molecule has 48 valence electrons. The second kappa shape index (κ2) is 2.53. The van der Waals surface area contributed by atoms with Gasteiger partial charge < -0.3 is 5.32 Å². The summed E-state index contributed by atoms with van der Waals surface area (Å²) in [6.45, 7) is 3.88. The lowest BCUT2D eigenvalue weighted by Crippen LogP contribution is -2.08.